The van der Waals surface area contributed by atoms with Crippen molar-refractivity contribution in [3.05, 3.63) is 41.5 Å². The van der Waals surface area contributed by atoms with Crippen molar-refractivity contribution in [3.8, 4) is 28.7 Å². The van der Waals surface area contributed by atoms with Gasteiger partial charge in [0.15, 0.2) is 29.2 Å². The van der Waals surface area contributed by atoms with Crippen molar-refractivity contribution < 1.29 is 28.8 Å². The predicted octanol–water partition coefficient (Wildman–Crippen LogP) is 2.95. The number of phenolic OH excluding ortho intramolecular Hbond substituents is 1. The van der Waals surface area contributed by atoms with Gasteiger partial charge in [-0.1, -0.05) is 19.1 Å². The molecule has 0 radical (unpaired) electrons. The van der Waals surface area contributed by atoms with Gasteiger partial charge in [-0.15, -0.1) is 0 Å². The summed E-state index contributed by atoms with van der Waals surface area (Å²) in [5.41, 5.74) is 1.80. The Hall–Kier alpha value is -2.64. The molecular formula is C22H25NO6. The lowest BCUT2D eigenvalue weighted by Crippen LogP contribution is -2.52. The number of ether oxygens (including phenoxy) is 5. The Morgan fingerprint density at radius 2 is 1.79 bits per heavy atom. The summed E-state index contributed by atoms with van der Waals surface area (Å²) < 4.78 is 28.5. The number of phenols is 1. The highest BCUT2D eigenvalue weighted by Gasteiger charge is 2.42. The van der Waals surface area contributed by atoms with Gasteiger partial charge in [-0.3, -0.25) is 4.90 Å². The number of morpholine rings is 1. The molecule has 0 bridgehead atoms. The van der Waals surface area contributed by atoms with Gasteiger partial charge in [0.2, 0.25) is 6.79 Å². The lowest BCUT2D eigenvalue weighted by atomic mass is 9.77. The molecule has 1 fully saturated rings. The van der Waals surface area contributed by atoms with Gasteiger partial charge in [0, 0.05) is 42.1 Å². The molecule has 0 aliphatic carbocycles. The summed E-state index contributed by atoms with van der Waals surface area (Å²) in [6.07, 6.45) is -0.137. The molecule has 0 spiro atoms. The van der Waals surface area contributed by atoms with Crippen LogP contribution in [0.1, 0.15) is 24.0 Å². The average molecular weight is 399 g/mol. The molecule has 2 aromatic carbocycles. The van der Waals surface area contributed by atoms with Crippen LogP contribution in [0, 0.1) is 5.92 Å². The second kappa shape index (κ2) is 7.31. The van der Waals surface area contributed by atoms with Crippen molar-refractivity contribution in [1.82, 2.24) is 4.90 Å². The molecule has 2 aromatic rings. The Morgan fingerprint density at radius 3 is 2.55 bits per heavy atom. The summed E-state index contributed by atoms with van der Waals surface area (Å²) in [6, 6.07) is 9.51. The Kier molecular flexibility index (Phi) is 4.64. The minimum atomic E-state index is -0.137. The molecule has 1 N–H and O–H groups in total. The predicted molar refractivity (Wildman–Crippen MR) is 105 cm³/mol. The molecule has 3 atom stereocenters. The third-order valence-electron chi connectivity index (χ3n) is 6.05. The first-order chi connectivity index (χ1) is 14.2. The van der Waals surface area contributed by atoms with Gasteiger partial charge in [-0.2, -0.15) is 0 Å². The lowest BCUT2D eigenvalue weighted by Gasteiger charge is -2.44. The Labute approximate surface area is 169 Å². The van der Waals surface area contributed by atoms with Crippen LogP contribution >= 0.6 is 0 Å². The molecule has 7 nitrogen and oxygen atoms in total. The number of para-hydroxylation sites is 1. The van der Waals surface area contributed by atoms with Crippen LogP contribution in [0.5, 0.6) is 28.7 Å². The molecule has 3 heterocycles. The minimum absolute atomic E-state index is 0.0824. The third kappa shape index (κ3) is 3.05. The van der Waals surface area contributed by atoms with Crippen LogP contribution in [-0.2, 0) is 4.74 Å². The maximum absolute atomic E-state index is 10.9. The van der Waals surface area contributed by atoms with Crippen LogP contribution < -0.4 is 18.9 Å². The van der Waals surface area contributed by atoms with Gasteiger partial charge in [0.05, 0.1) is 20.3 Å². The zero-order chi connectivity index (χ0) is 20.0. The van der Waals surface area contributed by atoms with E-state index in [4.69, 9.17) is 23.7 Å². The zero-order valence-electron chi connectivity index (χ0n) is 16.6. The quantitative estimate of drug-likeness (QED) is 0.851. The van der Waals surface area contributed by atoms with Crippen LogP contribution in [-0.4, -0.2) is 56.4 Å². The van der Waals surface area contributed by atoms with Gasteiger partial charge in [-0.25, -0.2) is 0 Å². The monoisotopic (exact) mass is 399 g/mol. The van der Waals surface area contributed by atoms with Crippen LogP contribution in [0.2, 0.25) is 0 Å². The highest BCUT2D eigenvalue weighted by Crippen LogP contribution is 2.52. The number of fused-ring (bicyclic) bond motifs is 2. The fourth-order valence-corrected chi connectivity index (χ4v) is 4.61. The standard InChI is InChI=1S/C22H25NO6/c1-13-20(14-4-3-5-16(25-2)21(14)24)15-10-18-19(28-12-27-18)11-17(15)29-22(13)23-6-8-26-9-7-23/h3-5,10-11,13,20,22,24H,6-9,12H2,1-2H3/t13-,20-,22-/m0/s1. The SMILES string of the molecule is COc1cccc([C@H]2c3cc4c(cc3O[C@H](N3CCOCC3)[C@H]2C)OCO4)c1O. The van der Waals surface area contributed by atoms with Crippen LogP contribution in [0.15, 0.2) is 30.3 Å². The number of methoxy groups -OCH3 is 1. The highest BCUT2D eigenvalue weighted by molar-refractivity contribution is 5.59. The number of nitrogens with zero attached hydrogens (tertiary/aromatic N) is 1. The van der Waals surface area contributed by atoms with E-state index < -0.39 is 0 Å². The maximum atomic E-state index is 10.9. The summed E-state index contributed by atoms with van der Waals surface area (Å²) in [5.74, 6) is 2.78. The second-order valence-corrected chi connectivity index (χ2v) is 7.63. The van der Waals surface area contributed by atoms with Gasteiger partial charge in [0.1, 0.15) is 5.75 Å². The smallest absolute Gasteiger partial charge is 0.231 e. The van der Waals surface area contributed by atoms with E-state index in [-0.39, 0.29) is 30.6 Å². The van der Waals surface area contributed by atoms with Crippen molar-refractivity contribution >= 4 is 0 Å². The molecule has 3 aliphatic rings. The number of hydrogen-bond acceptors (Lipinski definition) is 7. The topological polar surface area (TPSA) is 69.6 Å². The average Bonchev–Trinajstić information content (AvgIpc) is 3.20. The van der Waals surface area contributed by atoms with Gasteiger partial charge < -0.3 is 28.8 Å². The van der Waals surface area contributed by atoms with E-state index in [0.29, 0.717) is 30.5 Å². The van der Waals surface area contributed by atoms with Gasteiger partial charge in [-0.05, 0) is 12.1 Å². The first-order valence-corrected chi connectivity index (χ1v) is 9.95. The summed E-state index contributed by atoms with van der Waals surface area (Å²) in [4.78, 5) is 2.31. The molecule has 0 amide bonds. The van der Waals surface area contributed by atoms with Crippen LogP contribution in [0.25, 0.3) is 0 Å². The van der Waals surface area contributed by atoms with E-state index in [0.717, 1.165) is 30.0 Å². The van der Waals surface area contributed by atoms with E-state index >= 15 is 0 Å². The Balaban J connectivity index is 1.63. The normalized spacial score (nSPS) is 25.9. The van der Waals surface area contributed by atoms with Crippen molar-refractivity contribution in [1.29, 1.82) is 0 Å². The van der Waals surface area contributed by atoms with Gasteiger partial charge in [0.25, 0.3) is 0 Å². The van der Waals surface area contributed by atoms with E-state index in [1.165, 1.54) is 0 Å². The van der Waals surface area contributed by atoms with Crippen LogP contribution in [0.4, 0.5) is 0 Å². The van der Waals surface area contributed by atoms with Crippen molar-refractivity contribution in [2.45, 2.75) is 19.1 Å². The largest absolute Gasteiger partial charge is 0.504 e. The van der Waals surface area contributed by atoms with E-state index in [1.807, 2.05) is 24.3 Å². The summed E-state index contributed by atoms with van der Waals surface area (Å²) >= 11 is 0. The Morgan fingerprint density at radius 1 is 1.03 bits per heavy atom. The first kappa shape index (κ1) is 18.4. The number of hydrogen-bond donors (Lipinski definition) is 1. The highest BCUT2D eigenvalue weighted by atomic mass is 16.7. The number of aromatic hydroxyl groups is 1. The number of rotatable bonds is 3. The number of benzene rings is 2. The van der Waals surface area contributed by atoms with Crippen LogP contribution in [0.3, 0.4) is 0 Å². The summed E-state index contributed by atoms with van der Waals surface area (Å²) in [5, 5.41) is 10.9. The molecule has 1 saturated heterocycles. The molecule has 0 aromatic heterocycles. The zero-order valence-corrected chi connectivity index (χ0v) is 16.6. The van der Waals surface area contributed by atoms with E-state index in [9.17, 15) is 5.11 Å². The van der Waals surface area contributed by atoms with Crippen molar-refractivity contribution in [3.63, 3.8) is 0 Å². The fraction of sp³-hybridized carbons (Fsp3) is 0.455. The van der Waals surface area contributed by atoms with E-state index in [2.05, 4.69) is 11.8 Å². The summed E-state index contributed by atoms with van der Waals surface area (Å²) in [6.45, 7) is 5.37. The Bertz CT molecular complexity index is 910. The first-order valence-electron chi connectivity index (χ1n) is 9.95. The van der Waals surface area contributed by atoms with Crippen molar-refractivity contribution in [2.75, 3.05) is 40.2 Å². The molecular weight excluding hydrogens is 374 g/mol. The summed E-state index contributed by atoms with van der Waals surface area (Å²) in [7, 11) is 1.56. The van der Waals surface area contributed by atoms with E-state index in [1.54, 1.807) is 13.2 Å². The maximum Gasteiger partial charge on any atom is 0.231 e. The van der Waals surface area contributed by atoms with Crippen molar-refractivity contribution in [2.24, 2.45) is 5.92 Å². The molecule has 5 rings (SSSR count). The minimum Gasteiger partial charge on any atom is -0.504 e. The fourth-order valence-electron chi connectivity index (χ4n) is 4.61. The molecule has 154 valence electrons. The second-order valence-electron chi connectivity index (χ2n) is 7.63. The molecule has 7 heteroatoms. The molecule has 0 unspecified atom stereocenters. The third-order valence-corrected chi connectivity index (χ3v) is 6.05. The molecule has 29 heavy (non-hydrogen) atoms. The van der Waals surface area contributed by atoms with Gasteiger partial charge >= 0.3 is 0 Å². The lowest BCUT2D eigenvalue weighted by molar-refractivity contribution is -0.0785. The molecule has 0 saturated carbocycles. The molecule has 3 aliphatic heterocycles.